The van der Waals surface area contributed by atoms with Crippen LogP contribution < -0.4 is 5.73 Å². The Labute approximate surface area is 141 Å². The van der Waals surface area contributed by atoms with E-state index in [2.05, 4.69) is 5.10 Å². The Morgan fingerprint density at radius 2 is 1.92 bits per heavy atom. The zero-order valence-corrected chi connectivity index (χ0v) is 13.1. The number of benzene rings is 1. The van der Waals surface area contributed by atoms with E-state index in [1.54, 1.807) is 30.3 Å². The van der Waals surface area contributed by atoms with Crippen molar-refractivity contribution < 1.29 is 23.9 Å². The molecule has 0 bridgehead atoms. The number of nitrogens with two attached hydrogens (primary N) is 1. The molecule has 2 heterocycles. The smallest absolute Gasteiger partial charge is 0.343 e. The lowest BCUT2D eigenvalue weighted by Gasteiger charge is -2.16. The van der Waals surface area contributed by atoms with Crippen LogP contribution in [0.2, 0.25) is 0 Å². The minimum atomic E-state index is -2.47. The molecule has 1 atom stereocenters. The number of halogens is 1. The van der Waals surface area contributed by atoms with Crippen molar-refractivity contribution in [1.82, 2.24) is 14.7 Å². The van der Waals surface area contributed by atoms with Gasteiger partial charge in [-0.3, -0.25) is 9.59 Å². The van der Waals surface area contributed by atoms with E-state index in [0.29, 0.717) is 5.69 Å². The Morgan fingerprint density at radius 1 is 1.24 bits per heavy atom. The summed E-state index contributed by atoms with van der Waals surface area (Å²) < 4.78 is 15.4. The number of alkyl halides is 1. The number of carboxylic acid groups (broad SMARTS) is 1. The molecular weight excluding hydrogens is 331 g/mol. The van der Waals surface area contributed by atoms with Crippen LogP contribution in [-0.4, -0.2) is 56.3 Å². The summed E-state index contributed by atoms with van der Waals surface area (Å²) in [6, 6.07) is 9.82. The van der Waals surface area contributed by atoms with Crippen molar-refractivity contribution in [2.24, 2.45) is 5.73 Å². The molecule has 1 aromatic heterocycles. The predicted octanol–water partition coefficient (Wildman–Crippen LogP) is 0.610. The summed E-state index contributed by atoms with van der Waals surface area (Å²) >= 11 is 0. The number of rotatable bonds is 4. The first kappa shape index (κ1) is 16.6. The van der Waals surface area contributed by atoms with Gasteiger partial charge < -0.3 is 15.7 Å². The van der Waals surface area contributed by atoms with Gasteiger partial charge in [0, 0.05) is 19.0 Å². The number of hydrogen-bond donors (Lipinski definition) is 2. The molecule has 1 unspecified atom stereocenters. The molecule has 3 N–H and O–H groups in total. The van der Waals surface area contributed by atoms with Gasteiger partial charge in [0.2, 0.25) is 5.67 Å². The molecule has 1 fully saturated rings. The topological polar surface area (TPSA) is 119 Å². The number of primary amides is 1. The summed E-state index contributed by atoms with van der Waals surface area (Å²) in [5.41, 5.74) is 3.30. The van der Waals surface area contributed by atoms with E-state index in [1.807, 2.05) is 0 Å². The van der Waals surface area contributed by atoms with Gasteiger partial charge in [0.15, 0.2) is 5.69 Å². The van der Waals surface area contributed by atoms with Crippen LogP contribution in [0.1, 0.15) is 27.4 Å². The van der Waals surface area contributed by atoms with Crippen molar-refractivity contribution in [3.63, 3.8) is 0 Å². The fraction of sp³-hybridized carbons (Fsp3) is 0.250. The van der Waals surface area contributed by atoms with Crippen LogP contribution in [0, 0.1) is 0 Å². The number of aliphatic carboxylic acids is 1. The summed E-state index contributed by atoms with van der Waals surface area (Å²) in [6.45, 7) is -0.614. The minimum Gasteiger partial charge on any atom is -0.479 e. The highest BCUT2D eigenvalue weighted by Gasteiger charge is 2.47. The van der Waals surface area contributed by atoms with Crippen LogP contribution in [0.3, 0.4) is 0 Å². The van der Waals surface area contributed by atoms with Gasteiger partial charge in [0.1, 0.15) is 5.69 Å². The molecular formula is C16H15FN4O4. The number of carbonyl (C=O) groups is 3. The molecule has 2 aromatic rings. The maximum Gasteiger partial charge on any atom is 0.343 e. The highest BCUT2D eigenvalue weighted by Crippen LogP contribution is 2.27. The van der Waals surface area contributed by atoms with Crippen LogP contribution in [0.5, 0.6) is 0 Å². The molecule has 130 valence electrons. The summed E-state index contributed by atoms with van der Waals surface area (Å²) in [6.07, 6.45) is -0.295. The molecule has 9 heteroatoms. The Hall–Kier alpha value is -3.23. The lowest BCUT2D eigenvalue weighted by Crippen LogP contribution is -2.39. The third kappa shape index (κ3) is 2.95. The van der Waals surface area contributed by atoms with E-state index in [9.17, 15) is 18.8 Å². The maximum atomic E-state index is 14.1. The zero-order valence-electron chi connectivity index (χ0n) is 13.1. The van der Waals surface area contributed by atoms with E-state index in [0.717, 1.165) is 4.90 Å². The molecule has 1 aliphatic rings. The third-order valence-electron chi connectivity index (χ3n) is 4.07. The standard InChI is InChI=1S/C16H15FN4O4/c17-16(15(24)25)6-7-20(9-16)14(23)11-8-12(13(18)22)21(19-11)10-4-2-1-3-5-10/h1-5,8H,6-7,9H2,(H2,18,22)(H,24,25). The van der Waals surface area contributed by atoms with E-state index < -0.39 is 30.0 Å². The van der Waals surface area contributed by atoms with Gasteiger partial charge >= 0.3 is 5.97 Å². The van der Waals surface area contributed by atoms with Gasteiger partial charge in [-0.1, -0.05) is 18.2 Å². The first-order valence-electron chi connectivity index (χ1n) is 7.49. The van der Waals surface area contributed by atoms with Crippen LogP contribution in [-0.2, 0) is 4.79 Å². The van der Waals surface area contributed by atoms with Gasteiger partial charge in [-0.2, -0.15) is 5.10 Å². The minimum absolute atomic E-state index is 0.00140. The molecule has 0 aliphatic carbocycles. The van der Waals surface area contributed by atoms with Crippen molar-refractivity contribution in [3.05, 3.63) is 47.8 Å². The maximum absolute atomic E-state index is 14.1. The first-order valence-corrected chi connectivity index (χ1v) is 7.49. The lowest BCUT2D eigenvalue weighted by atomic mass is 10.1. The number of nitrogens with zero attached hydrogens (tertiary/aromatic N) is 3. The van der Waals surface area contributed by atoms with E-state index in [-0.39, 0.29) is 24.4 Å². The number of hydrogen-bond acceptors (Lipinski definition) is 4. The van der Waals surface area contributed by atoms with Gasteiger partial charge in [-0.25, -0.2) is 13.9 Å². The highest BCUT2D eigenvalue weighted by molar-refractivity contribution is 5.98. The van der Waals surface area contributed by atoms with Crippen LogP contribution in [0.25, 0.3) is 5.69 Å². The van der Waals surface area contributed by atoms with Gasteiger partial charge in [-0.05, 0) is 12.1 Å². The van der Waals surface area contributed by atoms with E-state index in [1.165, 1.54) is 10.7 Å². The molecule has 0 spiro atoms. The average Bonchev–Trinajstić information content (AvgIpc) is 3.20. The molecule has 1 aromatic carbocycles. The van der Waals surface area contributed by atoms with E-state index in [4.69, 9.17) is 10.8 Å². The third-order valence-corrected chi connectivity index (χ3v) is 4.07. The summed E-state index contributed by atoms with van der Waals surface area (Å²) in [7, 11) is 0. The second kappa shape index (κ2) is 6.00. The van der Waals surface area contributed by atoms with Crippen LogP contribution in [0.4, 0.5) is 4.39 Å². The van der Waals surface area contributed by atoms with Crippen molar-refractivity contribution >= 4 is 17.8 Å². The average molecular weight is 346 g/mol. The van der Waals surface area contributed by atoms with Crippen LogP contribution >= 0.6 is 0 Å². The normalized spacial score (nSPS) is 19.8. The molecule has 0 radical (unpaired) electrons. The largest absolute Gasteiger partial charge is 0.479 e. The number of para-hydroxylation sites is 1. The van der Waals surface area contributed by atoms with Crippen molar-refractivity contribution in [3.8, 4) is 5.69 Å². The number of carboxylic acids is 1. The Kier molecular flexibility index (Phi) is 3.99. The number of likely N-dealkylation sites (tertiary alicyclic amines) is 1. The number of aromatic nitrogens is 2. The van der Waals surface area contributed by atoms with Gasteiger partial charge in [0.05, 0.1) is 12.2 Å². The fourth-order valence-corrected chi connectivity index (χ4v) is 2.71. The second-order valence-corrected chi connectivity index (χ2v) is 5.77. The predicted molar refractivity (Wildman–Crippen MR) is 84.1 cm³/mol. The molecule has 3 rings (SSSR count). The summed E-state index contributed by atoms with van der Waals surface area (Å²) in [5.74, 6) is -3.03. The molecule has 1 saturated heterocycles. The SMILES string of the molecule is NC(=O)c1cc(C(=O)N2CCC(F)(C(=O)O)C2)nn1-c1ccccc1. The van der Waals surface area contributed by atoms with Gasteiger partial charge in [0.25, 0.3) is 11.8 Å². The molecule has 0 saturated carbocycles. The second-order valence-electron chi connectivity index (χ2n) is 5.77. The number of amides is 2. The Bertz CT molecular complexity index is 851. The van der Waals surface area contributed by atoms with Crippen LogP contribution in [0.15, 0.2) is 36.4 Å². The van der Waals surface area contributed by atoms with Crippen molar-refractivity contribution in [2.45, 2.75) is 12.1 Å². The molecule has 2 amide bonds. The monoisotopic (exact) mass is 346 g/mol. The Morgan fingerprint density at radius 3 is 2.48 bits per heavy atom. The molecule has 8 nitrogen and oxygen atoms in total. The molecule has 25 heavy (non-hydrogen) atoms. The van der Waals surface area contributed by atoms with Crippen molar-refractivity contribution in [1.29, 1.82) is 0 Å². The first-order chi connectivity index (χ1) is 11.8. The zero-order chi connectivity index (χ0) is 18.2. The highest BCUT2D eigenvalue weighted by atomic mass is 19.1. The molecule has 1 aliphatic heterocycles. The quantitative estimate of drug-likeness (QED) is 0.841. The summed E-state index contributed by atoms with van der Waals surface area (Å²) in [4.78, 5) is 36.2. The lowest BCUT2D eigenvalue weighted by molar-refractivity contribution is -0.149. The summed E-state index contributed by atoms with van der Waals surface area (Å²) in [5, 5.41) is 13.0. The van der Waals surface area contributed by atoms with Crippen molar-refractivity contribution in [2.75, 3.05) is 13.1 Å². The Balaban J connectivity index is 1.92. The fourth-order valence-electron chi connectivity index (χ4n) is 2.71. The number of carbonyl (C=O) groups excluding carboxylic acids is 2. The van der Waals surface area contributed by atoms with E-state index >= 15 is 0 Å². The van der Waals surface area contributed by atoms with Gasteiger partial charge in [-0.15, -0.1) is 0 Å².